The van der Waals surface area contributed by atoms with E-state index in [0.29, 0.717) is 0 Å². The van der Waals surface area contributed by atoms with Gasteiger partial charge in [0.25, 0.3) is 0 Å². The molecule has 2 aromatic rings. The number of rotatable bonds is 5. The average molecular weight is 245 g/mol. The van der Waals surface area contributed by atoms with Crippen LogP contribution in [0.3, 0.4) is 0 Å². The molecule has 0 aliphatic heterocycles. The first-order chi connectivity index (χ1) is 8.65. The van der Waals surface area contributed by atoms with Gasteiger partial charge in [-0.2, -0.15) is 0 Å². The van der Waals surface area contributed by atoms with Gasteiger partial charge in [0, 0.05) is 18.6 Å². The number of oxazole rings is 1. The SMILES string of the molecule is CN(CCc1ccc2ncoc2c1)CC1(N)CC1. The fourth-order valence-electron chi connectivity index (χ4n) is 2.31. The summed E-state index contributed by atoms with van der Waals surface area (Å²) in [5, 5.41) is 0. The number of aromatic nitrogens is 1. The molecule has 0 amide bonds. The maximum Gasteiger partial charge on any atom is 0.181 e. The summed E-state index contributed by atoms with van der Waals surface area (Å²) in [6, 6.07) is 6.21. The third-order valence-corrected chi connectivity index (χ3v) is 3.65. The number of hydrogen-bond acceptors (Lipinski definition) is 4. The molecule has 1 aliphatic rings. The monoisotopic (exact) mass is 245 g/mol. The first kappa shape index (κ1) is 11.7. The van der Waals surface area contributed by atoms with Gasteiger partial charge >= 0.3 is 0 Å². The highest BCUT2D eigenvalue weighted by molar-refractivity contribution is 5.72. The second-order valence-electron chi connectivity index (χ2n) is 5.50. The number of nitrogens with two attached hydrogens (primary N) is 1. The van der Waals surface area contributed by atoms with Crippen LogP contribution < -0.4 is 5.73 Å². The van der Waals surface area contributed by atoms with Crippen molar-refractivity contribution in [3.63, 3.8) is 0 Å². The largest absolute Gasteiger partial charge is 0.443 e. The fraction of sp³-hybridized carbons (Fsp3) is 0.500. The standard InChI is InChI=1S/C14H19N3O/c1-17(9-14(15)5-6-14)7-4-11-2-3-12-13(8-11)18-10-16-12/h2-3,8,10H,4-7,9,15H2,1H3. The molecular weight excluding hydrogens is 226 g/mol. The highest BCUT2D eigenvalue weighted by Crippen LogP contribution is 2.32. The van der Waals surface area contributed by atoms with Crippen molar-refractivity contribution < 1.29 is 4.42 Å². The Morgan fingerprint density at radius 2 is 2.28 bits per heavy atom. The van der Waals surface area contributed by atoms with Crippen LogP contribution in [0.1, 0.15) is 18.4 Å². The highest BCUT2D eigenvalue weighted by Gasteiger charge is 2.38. The van der Waals surface area contributed by atoms with Crippen molar-refractivity contribution in [2.24, 2.45) is 5.73 Å². The number of fused-ring (bicyclic) bond motifs is 1. The lowest BCUT2D eigenvalue weighted by molar-refractivity contribution is 0.306. The molecule has 4 nitrogen and oxygen atoms in total. The lowest BCUT2D eigenvalue weighted by Crippen LogP contribution is -2.38. The third-order valence-electron chi connectivity index (χ3n) is 3.65. The molecule has 1 aromatic carbocycles. The van der Waals surface area contributed by atoms with E-state index in [0.717, 1.165) is 30.6 Å². The van der Waals surface area contributed by atoms with E-state index in [9.17, 15) is 0 Å². The van der Waals surface area contributed by atoms with Crippen LogP contribution in [0, 0.1) is 0 Å². The van der Waals surface area contributed by atoms with Crippen molar-refractivity contribution in [1.29, 1.82) is 0 Å². The third kappa shape index (κ3) is 2.54. The molecule has 1 aliphatic carbocycles. The molecule has 18 heavy (non-hydrogen) atoms. The van der Waals surface area contributed by atoms with Crippen molar-refractivity contribution in [3.8, 4) is 0 Å². The first-order valence-electron chi connectivity index (χ1n) is 6.44. The molecule has 0 unspecified atom stereocenters. The molecule has 96 valence electrons. The van der Waals surface area contributed by atoms with Gasteiger partial charge in [0.15, 0.2) is 12.0 Å². The van der Waals surface area contributed by atoms with Crippen LogP contribution in [0.15, 0.2) is 29.0 Å². The maximum atomic E-state index is 6.11. The first-order valence-corrected chi connectivity index (χ1v) is 6.44. The summed E-state index contributed by atoms with van der Waals surface area (Å²) in [6.07, 6.45) is 4.85. The van der Waals surface area contributed by atoms with Crippen LogP contribution in [0.2, 0.25) is 0 Å². The smallest absolute Gasteiger partial charge is 0.181 e. The van der Waals surface area contributed by atoms with Crippen molar-refractivity contribution in [1.82, 2.24) is 9.88 Å². The number of likely N-dealkylation sites (N-methyl/N-ethyl adjacent to an activating group) is 1. The van der Waals surface area contributed by atoms with Crippen LogP contribution in [-0.2, 0) is 6.42 Å². The number of benzene rings is 1. The van der Waals surface area contributed by atoms with Gasteiger partial charge in [-0.25, -0.2) is 4.98 Å². The molecule has 1 heterocycles. The molecule has 0 saturated heterocycles. The van der Waals surface area contributed by atoms with E-state index in [-0.39, 0.29) is 5.54 Å². The Balaban J connectivity index is 1.58. The zero-order chi connectivity index (χ0) is 12.6. The molecule has 0 bridgehead atoms. The molecule has 0 atom stereocenters. The van der Waals surface area contributed by atoms with Gasteiger partial charge in [-0.3, -0.25) is 0 Å². The number of hydrogen-bond donors (Lipinski definition) is 1. The van der Waals surface area contributed by atoms with Crippen molar-refractivity contribution in [2.45, 2.75) is 24.8 Å². The zero-order valence-corrected chi connectivity index (χ0v) is 10.7. The predicted octanol–water partition coefficient (Wildman–Crippen LogP) is 1.79. The molecule has 1 fully saturated rings. The van der Waals surface area contributed by atoms with E-state index in [4.69, 9.17) is 10.2 Å². The van der Waals surface area contributed by atoms with Gasteiger partial charge in [-0.05, 0) is 44.0 Å². The molecule has 1 saturated carbocycles. The summed E-state index contributed by atoms with van der Waals surface area (Å²) in [7, 11) is 2.14. The van der Waals surface area contributed by atoms with Crippen molar-refractivity contribution in [3.05, 3.63) is 30.2 Å². The minimum atomic E-state index is 0.101. The lowest BCUT2D eigenvalue weighted by atomic mass is 10.1. The number of nitrogens with zero attached hydrogens (tertiary/aromatic N) is 2. The fourth-order valence-corrected chi connectivity index (χ4v) is 2.31. The van der Waals surface area contributed by atoms with Gasteiger partial charge in [0.2, 0.25) is 0 Å². The molecule has 0 radical (unpaired) electrons. The van der Waals surface area contributed by atoms with Crippen molar-refractivity contribution >= 4 is 11.1 Å². The van der Waals surface area contributed by atoms with Crippen LogP contribution in [-0.4, -0.2) is 35.6 Å². The van der Waals surface area contributed by atoms with Gasteiger partial charge in [0.1, 0.15) is 5.52 Å². The van der Waals surface area contributed by atoms with Gasteiger partial charge in [-0.15, -0.1) is 0 Å². The van der Waals surface area contributed by atoms with Crippen LogP contribution in [0.25, 0.3) is 11.1 Å². The van der Waals surface area contributed by atoms with Crippen LogP contribution in [0.5, 0.6) is 0 Å². The summed E-state index contributed by atoms with van der Waals surface area (Å²) < 4.78 is 5.31. The summed E-state index contributed by atoms with van der Waals surface area (Å²) >= 11 is 0. The molecule has 0 spiro atoms. The lowest BCUT2D eigenvalue weighted by Gasteiger charge is -2.20. The van der Waals surface area contributed by atoms with E-state index in [2.05, 4.69) is 29.1 Å². The summed E-state index contributed by atoms with van der Waals surface area (Å²) in [5.74, 6) is 0. The molecule has 4 heteroatoms. The Morgan fingerprint density at radius 1 is 1.44 bits per heavy atom. The minimum absolute atomic E-state index is 0.101. The topological polar surface area (TPSA) is 55.3 Å². The highest BCUT2D eigenvalue weighted by atomic mass is 16.3. The minimum Gasteiger partial charge on any atom is -0.443 e. The van der Waals surface area contributed by atoms with Gasteiger partial charge in [0.05, 0.1) is 0 Å². The van der Waals surface area contributed by atoms with Gasteiger partial charge < -0.3 is 15.1 Å². The Labute approximate surface area is 107 Å². The normalized spacial score (nSPS) is 17.5. The zero-order valence-electron chi connectivity index (χ0n) is 10.7. The van der Waals surface area contributed by atoms with E-state index in [1.807, 2.05) is 6.07 Å². The Morgan fingerprint density at radius 3 is 3.06 bits per heavy atom. The molecular formula is C14H19N3O. The predicted molar refractivity (Wildman–Crippen MR) is 71.4 cm³/mol. The van der Waals surface area contributed by atoms with E-state index >= 15 is 0 Å². The molecule has 2 N–H and O–H groups in total. The van der Waals surface area contributed by atoms with E-state index in [1.165, 1.54) is 24.8 Å². The van der Waals surface area contributed by atoms with Crippen LogP contribution in [0.4, 0.5) is 0 Å². The average Bonchev–Trinajstić information content (AvgIpc) is 2.91. The van der Waals surface area contributed by atoms with E-state index < -0.39 is 0 Å². The van der Waals surface area contributed by atoms with Gasteiger partial charge in [-0.1, -0.05) is 6.07 Å². The summed E-state index contributed by atoms with van der Waals surface area (Å²) in [5.41, 5.74) is 9.29. The quantitative estimate of drug-likeness (QED) is 0.872. The summed E-state index contributed by atoms with van der Waals surface area (Å²) in [6.45, 7) is 2.02. The second-order valence-corrected chi connectivity index (χ2v) is 5.50. The van der Waals surface area contributed by atoms with Crippen LogP contribution >= 0.6 is 0 Å². The molecule has 3 rings (SSSR count). The van der Waals surface area contributed by atoms with E-state index in [1.54, 1.807) is 0 Å². The second kappa shape index (κ2) is 4.37. The molecule has 1 aromatic heterocycles. The Bertz CT molecular complexity index is 545. The summed E-state index contributed by atoms with van der Waals surface area (Å²) in [4.78, 5) is 6.44. The maximum absolute atomic E-state index is 6.11. The Hall–Kier alpha value is -1.39. The Kier molecular flexibility index (Phi) is 2.84. The van der Waals surface area contributed by atoms with Crippen molar-refractivity contribution in [2.75, 3.05) is 20.1 Å².